The Morgan fingerprint density at radius 2 is 2.12 bits per heavy atom. The van der Waals surface area contributed by atoms with Crippen LogP contribution >= 0.6 is 0 Å². The highest BCUT2D eigenvalue weighted by Gasteiger charge is 2.12. The Hall–Kier alpha value is -1.78. The van der Waals surface area contributed by atoms with E-state index in [1.165, 1.54) is 6.07 Å². The molecule has 0 bridgehead atoms. The topological polar surface area (TPSA) is 72.3 Å². The zero-order valence-corrected chi connectivity index (χ0v) is 9.46. The molecular formula is C11H16FN3O. The van der Waals surface area contributed by atoms with Crippen molar-refractivity contribution in [1.29, 1.82) is 0 Å². The summed E-state index contributed by atoms with van der Waals surface area (Å²) in [6.07, 6.45) is 0. The van der Waals surface area contributed by atoms with Gasteiger partial charge in [-0.15, -0.1) is 0 Å². The molecule has 0 spiro atoms. The van der Waals surface area contributed by atoms with Crippen molar-refractivity contribution in [3.8, 4) is 0 Å². The first-order chi connectivity index (χ1) is 7.45. The van der Waals surface area contributed by atoms with Gasteiger partial charge in [0.05, 0.1) is 17.9 Å². The number of nitrogens with zero attached hydrogens (tertiary/aromatic N) is 1. The van der Waals surface area contributed by atoms with Crippen molar-refractivity contribution >= 4 is 17.3 Å². The number of carbonyl (C=O) groups excluding carboxylic acids is 1. The molecule has 0 heterocycles. The van der Waals surface area contributed by atoms with Gasteiger partial charge in [0.1, 0.15) is 5.82 Å². The number of halogens is 1. The molecule has 1 aromatic rings. The predicted octanol–water partition coefficient (Wildman–Crippen LogP) is 1.03. The van der Waals surface area contributed by atoms with Gasteiger partial charge in [0.25, 0.3) is 0 Å². The van der Waals surface area contributed by atoms with Crippen molar-refractivity contribution in [3.63, 3.8) is 0 Å². The third-order valence-corrected chi connectivity index (χ3v) is 2.38. The van der Waals surface area contributed by atoms with Crippen molar-refractivity contribution in [1.82, 2.24) is 0 Å². The van der Waals surface area contributed by atoms with E-state index in [9.17, 15) is 9.18 Å². The molecule has 1 amide bonds. The maximum absolute atomic E-state index is 13.2. The average molecular weight is 225 g/mol. The molecule has 4 N–H and O–H groups in total. The zero-order valence-electron chi connectivity index (χ0n) is 9.46. The number of benzene rings is 1. The predicted molar refractivity (Wildman–Crippen MR) is 62.6 cm³/mol. The molecule has 0 saturated carbocycles. The molecule has 0 aliphatic heterocycles. The number of aryl methyl sites for hydroxylation is 1. The minimum atomic E-state index is -0.441. The van der Waals surface area contributed by atoms with Crippen LogP contribution in [-0.2, 0) is 4.79 Å². The van der Waals surface area contributed by atoms with Gasteiger partial charge in [-0.05, 0) is 31.5 Å². The summed E-state index contributed by atoms with van der Waals surface area (Å²) in [4.78, 5) is 12.6. The van der Waals surface area contributed by atoms with E-state index in [2.05, 4.69) is 0 Å². The van der Waals surface area contributed by atoms with E-state index < -0.39 is 5.91 Å². The molecule has 0 radical (unpaired) electrons. The fourth-order valence-corrected chi connectivity index (χ4v) is 1.51. The number of amides is 1. The summed E-state index contributed by atoms with van der Waals surface area (Å²) in [5.74, 6) is -0.792. The Labute approximate surface area is 94.0 Å². The number of rotatable bonds is 4. The number of primary amides is 1. The SMILES string of the molecule is CCN(CC(N)=O)c1cc(C)c(F)cc1N. The van der Waals surface area contributed by atoms with Gasteiger partial charge in [-0.25, -0.2) is 4.39 Å². The molecule has 1 rings (SSSR count). The van der Waals surface area contributed by atoms with E-state index >= 15 is 0 Å². The molecule has 0 aliphatic rings. The number of hydrogen-bond donors (Lipinski definition) is 2. The van der Waals surface area contributed by atoms with Crippen LogP contribution in [0.4, 0.5) is 15.8 Å². The molecular weight excluding hydrogens is 209 g/mol. The van der Waals surface area contributed by atoms with Gasteiger partial charge in [0, 0.05) is 6.54 Å². The summed E-state index contributed by atoms with van der Waals surface area (Å²) in [6.45, 7) is 4.18. The Bertz CT molecular complexity index is 406. The molecule has 0 unspecified atom stereocenters. The lowest BCUT2D eigenvalue weighted by Crippen LogP contribution is -2.34. The lowest BCUT2D eigenvalue weighted by molar-refractivity contribution is -0.116. The summed E-state index contributed by atoms with van der Waals surface area (Å²) in [7, 11) is 0. The smallest absolute Gasteiger partial charge is 0.236 e. The highest BCUT2D eigenvalue weighted by atomic mass is 19.1. The monoisotopic (exact) mass is 225 g/mol. The van der Waals surface area contributed by atoms with Crippen molar-refractivity contribution in [3.05, 3.63) is 23.5 Å². The third kappa shape index (κ3) is 2.62. The fourth-order valence-electron chi connectivity index (χ4n) is 1.51. The first-order valence-corrected chi connectivity index (χ1v) is 5.04. The van der Waals surface area contributed by atoms with Gasteiger partial charge in [-0.3, -0.25) is 4.79 Å². The number of carbonyl (C=O) groups is 1. The van der Waals surface area contributed by atoms with Gasteiger partial charge in [-0.1, -0.05) is 0 Å². The van der Waals surface area contributed by atoms with E-state index in [1.807, 2.05) is 6.92 Å². The molecule has 16 heavy (non-hydrogen) atoms. The molecule has 1 aromatic carbocycles. The van der Waals surface area contributed by atoms with E-state index in [1.54, 1.807) is 17.9 Å². The minimum absolute atomic E-state index is 0.0752. The van der Waals surface area contributed by atoms with Crippen molar-refractivity contribution in [2.24, 2.45) is 5.73 Å². The number of nitrogens with two attached hydrogens (primary N) is 2. The van der Waals surface area contributed by atoms with Gasteiger partial charge in [-0.2, -0.15) is 0 Å². The summed E-state index contributed by atoms with van der Waals surface area (Å²) < 4.78 is 13.2. The molecule has 0 fully saturated rings. The Morgan fingerprint density at radius 3 is 2.62 bits per heavy atom. The second-order valence-electron chi connectivity index (χ2n) is 3.64. The van der Waals surface area contributed by atoms with Crippen LogP contribution in [0.15, 0.2) is 12.1 Å². The van der Waals surface area contributed by atoms with Gasteiger partial charge in [0.15, 0.2) is 0 Å². The summed E-state index contributed by atoms with van der Waals surface area (Å²) in [5, 5.41) is 0. The molecule has 0 aromatic heterocycles. The van der Waals surface area contributed by atoms with E-state index in [0.29, 0.717) is 23.5 Å². The molecule has 0 saturated heterocycles. The Morgan fingerprint density at radius 1 is 1.50 bits per heavy atom. The Balaban J connectivity index is 3.09. The second kappa shape index (κ2) is 4.83. The van der Waals surface area contributed by atoms with Crippen molar-refractivity contribution < 1.29 is 9.18 Å². The van der Waals surface area contributed by atoms with Crippen LogP contribution in [0, 0.1) is 12.7 Å². The number of nitrogen functional groups attached to an aromatic ring is 1. The Kier molecular flexibility index (Phi) is 3.71. The van der Waals surface area contributed by atoms with Crippen LogP contribution in [0.25, 0.3) is 0 Å². The van der Waals surface area contributed by atoms with Crippen molar-refractivity contribution in [2.75, 3.05) is 23.7 Å². The van der Waals surface area contributed by atoms with E-state index in [4.69, 9.17) is 11.5 Å². The van der Waals surface area contributed by atoms with Gasteiger partial charge >= 0.3 is 0 Å². The average Bonchev–Trinajstić information content (AvgIpc) is 2.20. The zero-order chi connectivity index (χ0) is 12.3. The number of hydrogen-bond acceptors (Lipinski definition) is 3. The highest BCUT2D eigenvalue weighted by Crippen LogP contribution is 2.26. The lowest BCUT2D eigenvalue weighted by atomic mass is 10.1. The highest BCUT2D eigenvalue weighted by molar-refractivity contribution is 5.81. The molecule has 0 aliphatic carbocycles. The minimum Gasteiger partial charge on any atom is -0.397 e. The molecule has 5 heteroatoms. The standard InChI is InChI=1S/C11H16FN3O/c1-3-15(6-11(14)16)10-4-7(2)8(12)5-9(10)13/h4-5H,3,6,13H2,1-2H3,(H2,14,16). The van der Waals surface area contributed by atoms with Crippen LogP contribution in [-0.4, -0.2) is 19.0 Å². The van der Waals surface area contributed by atoms with Gasteiger partial charge < -0.3 is 16.4 Å². The van der Waals surface area contributed by atoms with E-state index in [-0.39, 0.29) is 12.4 Å². The van der Waals surface area contributed by atoms with Crippen LogP contribution in [0.5, 0.6) is 0 Å². The molecule has 88 valence electrons. The maximum atomic E-state index is 13.2. The summed E-state index contributed by atoms with van der Waals surface area (Å²) in [5.41, 5.74) is 12.3. The quantitative estimate of drug-likeness (QED) is 0.752. The second-order valence-corrected chi connectivity index (χ2v) is 3.64. The van der Waals surface area contributed by atoms with Crippen LogP contribution < -0.4 is 16.4 Å². The molecule has 0 atom stereocenters. The van der Waals surface area contributed by atoms with Crippen LogP contribution in [0.3, 0.4) is 0 Å². The third-order valence-electron chi connectivity index (χ3n) is 2.38. The van der Waals surface area contributed by atoms with Crippen LogP contribution in [0.2, 0.25) is 0 Å². The normalized spacial score (nSPS) is 10.2. The lowest BCUT2D eigenvalue weighted by Gasteiger charge is -2.23. The van der Waals surface area contributed by atoms with Crippen LogP contribution in [0.1, 0.15) is 12.5 Å². The maximum Gasteiger partial charge on any atom is 0.236 e. The first kappa shape index (κ1) is 12.3. The number of likely N-dealkylation sites (N-methyl/N-ethyl adjacent to an activating group) is 1. The van der Waals surface area contributed by atoms with Gasteiger partial charge in [0.2, 0.25) is 5.91 Å². The molecule has 4 nitrogen and oxygen atoms in total. The fraction of sp³-hybridized carbons (Fsp3) is 0.364. The largest absolute Gasteiger partial charge is 0.397 e. The first-order valence-electron chi connectivity index (χ1n) is 5.04. The summed E-state index contributed by atoms with van der Waals surface area (Å²) >= 11 is 0. The summed E-state index contributed by atoms with van der Waals surface area (Å²) in [6, 6.07) is 2.88. The number of anilines is 2. The van der Waals surface area contributed by atoms with Crippen molar-refractivity contribution in [2.45, 2.75) is 13.8 Å². The van der Waals surface area contributed by atoms with E-state index in [0.717, 1.165) is 0 Å².